The molecule has 2 aromatic rings. The van der Waals surface area contributed by atoms with Gasteiger partial charge < -0.3 is 15.2 Å². The fourth-order valence-corrected chi connectivity index (χ4v) is 3.06. The predicted molar refractivity (Wildman–Crippen MR) is 87.8 cm³/mol. The molecule has 1 aliphatic carbocycles. The first-order chi connectivity index (χ1) is 11.5. The second-order valence-electron chi connectivity index (χ2n) is 6.34. The molecular formula is C19H20FNO3. The maximum atomic E-state index is 13.2. The van der Waals surface area contributed by atoms with Gasteiger partial charge in [0.2, 0.25) is 0 Å². The Morgan fingerprint density at radius 3 is 2.58 bits per heavy atom. The Balaban J connectivity index is 1.42. The molecule has 2 N–H and O–H groups in total. The topological polar surface area (TPSA) is 58.6 Å². The minimum absolute atomic E-state index is 0.119. The summed E-state index contributed by atoms with van der Waals surface area (Å²) in [7, 11) is 0. The number of ether oxygens (including phenoxy) is 1. The standard InChI is InChI=1S/C19H20FNO3/c20-16-8-4-7-15(9-16)10-19(23)11-17(12-19)21-18(22)24-13-14-5-2-1-3-6-14/h1-9,17,23H,10-13H2,(H,21,22). The number of aliphatic hydroxyl groups is 1. The van der Waals surface area contributed by atoms with Gasteiger partial charge in [-0.3, -0.25) is 0 Å². The number of alkyl carbamates (subject to hydrolysis) is 1. The van der Waals surface area contributed by atoms with Gasteiger partial charge in [0.25, 0.3) is 0 Å². The number of amides is 1. The number of nitrogens with one attached hydrogen (secondary N) is 1. The average molecular weight is 329 g/mol. The van der Waals surface area contributed by atoms with Crippen molar-refractivity contribution in [3.63, 3.8) is 0 Å². The van der Waals surface area contributed by atoms with E-state index in [9.17, 15) is 14.3 Å². The molecule has 0 bridgehead atoms. The first kappa shape index (κ1) is 16.5. The summed E-state index contributed by atoms with van der Waals surface area (Å²) in [6.07, 6.45) is 0.757. The van der Waals surface area contributed by atoms with Crippen LogP contribution in [-0.4, -0.2) is 22.8 Å². The third kappa shape index (κ3) is 4.32. The highest BCUT2D eigenvalue weighted by atomic mass is 19.1. The van der Waals surface area contributed by atoms with Crippen molar-refractivity contribution in [2.75, 3.05) is 0 Å². The number of carbonyl (C=O) groups is 1. The van der Waals surface area contributed by atoms with Crippen molar-refractivity contribution in [2.24, 2.45) is 0 Å². The molecule has 0 spiro atoms. The zero-order valence-electron chi connectivity index (χ0n) is 13.2. The van der Waals surface area contributed by atoms with Gasteiger partial charge in [0.05, 0.1) is 5.60 Å². The third-order valence-corrected chi connectivity index (χ3v) is 4.21. The lowest BCUT2D eigenvalue weighted by atomic mass is 9.72. The number of carbonyl (C=O) groups excluding carboxylic acids is 1. The highest BCUT2D eigenvalue weighted by Crippen LogP contribution is 2.35. The molecule has 4 nitrogen and oxygen atoms in total. The lowest BCUT2D eigenvalue weighted by Gasteiger charge is -2.43. The van der Waals surface area contributed by atoms with Gasteiger partial charge in [-0.05, 0) is 36.1 Å². The second-order valence-corrected chi connectivity index (χ2v) is 6.34. The minimum Gasteiger partial charge on any atom is -0.445 e. The summed E-state index contributed by atoms with van der Waals surface area (Å²) in [5.41, 5.74) is 0.775. The quantitative estimate of drug-likeness (QED) is 0.886. The van der Waals surface area contributed by atoms with E-state index < -0.39 is 11.7 Å². The molecule has 3 rings (SSSR count). The van der Waals surface area contributed by atoms with Crippen LogP contribution in [0.2, 0.25) is 0 Å². The van der Waals surface area contributed by atoms with Gasteiger partial charge in [0.1, 0.15) is 12.4 Å². The maximum absolute atomic E-state index is 13.2. The SMILES string of the molecule is O=C(NC1CC(O)(Cc2cccc(F)c2)C1)OCc1ccccc1. The van der Waals surface area contributed by atoms with Gasteiger partial charge in [0, 0.05) is 12.5 Å². The number of halogens is 1. The molecule has 5 heteroatoms. The van der Waals surface area contributed by atoms with E-state index in [1.54, 1.807) is 12.1 Å². The number of hydrogen-bond acceptors (Lipinski definition) is 3. The highest BCUT2D eigenvalue weighted by Gasteiger charge is 2.43. The van der Waals surface area contributed by atoms with Crippen molar-refractivity contribution in [3.8, 4) is 0 Å². The van der Waals surface area contributed by atoms with Crippen molar-refractivity contribution >= 4 is 6.09 Å². The second kappa shape index (κ2) is 7.01. The van der Waals surface area contributed by atoms with E-state index >= 15 is 0 Å². The van der Waals surface area contributed by atoms with Crippen LogP contribution in [0.4, 0.5) is 9.18 Å². The van der Waals surface area contributed by atoms with Crippen molar-refractivity contribution in [1.29, 1.82) is 0 Å². The van der Waals surface area contributed by atoms with Crippen LogP contribution in [0.3, 0.4) is 0 Å². The Kier molecular flexibility index (Phi) is 4.81. The van der Waals surface area contributed by atoms with Crippen LogP contribution in [0.1, 0.15) is 24.0 Å². The molecule has 24 heavy (non-hydrogen) atoms. The average Bonchev–Trinajstić information content (AvgIpc) is 2.52. The first-order valence-electron chi connectivity index (χ1n) is 7.96. The first-order valence-corrected chi connectivity index (χ1v) is 7.96. The number of benzene rings is 2. The van der Waals surface area contributed by atoms with E-state index in [2.05, 4.69) is 5.32 Å². The molecule has 0 radical (unpaired) electrons. The molecule has 1 saturated carbocycles. The molecule has 126 valence electrons. The van der Waals surface area contributed by atoms with E-state index in [0.29, 0.717) is 19.3 Å². The number of hydrogen-bond donors (Lipinski definition) is 2. The molecule has 0 aliphatic heterocycles. The monoisotopic (exact) mass is 329 g/mol. The molecule has 1 fully saturated rings. The Morgan fingerprint density at radius 1 is 1.17 bits per heavy atom. The Hall–Kier alpha value is -2.40. The number of rotatable bonds is 5. The van der Waals surface area contributed by atoms with Crippen LogP contribution in [0.5, 0.6) is 0 Å². The molecule has 0 atom stereocenters. The summed E-state index contributed by atoms with van der Waals surface area (Å²) < 4.78 is 18.3. The van der Waals surface area contributed by atoms with Crippen LogP contribution in [0, 0.1) is 5.82 Å². The fourth-order valence-electron chi connectivity index (χ4n) is 3.06. The highest BCUT2D eigenvalue weighted by molar-refractivity contribution is 5.67. The van der Waals surface area contributed by atoms with E-state index in [4.69, 9.17) is 4.74 Å². The smallest absolute Gasteiger partial charge is 0.407 e. The molecule has 1 amide bonds. The molecule has 0 unspecified atom stereocenters. The molecule has 1 aliphatic rings. The van der Waals surface area contributed by atoms with Crippen LogP contribution in [0.15, 0.2) is 54.6 Å². The van der Waals surface area contributed by atoms with E-state index in [1.807, 2.05) is 30.3 Å². The Bertz CT molecular complexity index is 699. The summed E-state index contributed by atoms with van der Waals surface area (Å²) >= 11 is 0. The van der Waals surface area contributed by atoms with Crippen LogP contribution in [0.25, 0.3) is 0 Å². The molecule has 0 saturated heterocycles. The Morgan fingerprint density at radius 2 is 1.88 bits per heavy atom. The van der Waals surface area contributed by atoms with E-state index in [0.717, 1.165) is 11.1 Å². The van der Waals surface area contributed by atoms with Crippen molar-refractivity contribution < 1.29 is 19.0 Å². The van der Waals surface area contributed by atoms with Crippen LogP contribution < -0.4 is 5.32 Å². The molecular weight excluding hydrogens is 309 g/mol. The zero-order valence-corrected chi connectivity index (χ0v) is 13.2. The summed E-state index contributed by atoms with van der Waals surface area (Å²) in [5, 5.41) is 13.2. The minimum atomic E-state index is -0.898. The van der Waals surface area contributed by atoms with Crippen LogP contribution >= 0.6 is 0 Å². The van der Waals surface area contributed by atoms with Crippen molar-refractivity contribution in [1.82, 2.24) is 5.32 Å². The van der Waals surface area contributed by atoms with Crippen molar-refractivity contribution in [2.45, 2.75) is 37.5 Å². The van der Waals surface area contributed by atoms with E-state index in [-0.39, 0.29) is 18.5 Å². The third-order valence-electron chi connectivity index (χ3n) is 4.21. The summed E-state index contributed by atoms with van der Waals surface area (Å²) in [4.78, 5) is 11.8. The van der Waals surface area contributed by atoms with Gasteiger partial charge in [-0.1, -0.05) is 42.5 Å². The van der Waals surface area contributed by atoms with Gasteiger partial charge in [-0.15, -0.1) is 0 Å². The van der Waals surface area contributed by atoms with Gasteiger partial charge in [0.15, 0.2) is 0 Å². The summed E-state index contributed by atoms with van der Waals surface area (Å²) in [6, 6.07) is 15.5. The molecule has 0 heterocycles. The fraction of sp³-hybridized carbons (Fsp3) is 0.316. The van der Waals surface area contributed by atoms with Crippen molar-refractivity contribution in [3.05, 3.63) is 71.5 Å². The van der Waals surface area contributed by atoms with Gasteiger partial charge in [-0.2, -0.15) is 0 Å². The predicted octanol–water partition coefficient (Wildman–Crippen LogP) is 3.19. The lowest BCUT2D eigenvalue weighted by Crippen LogP contribution is -2.56. The maximum Gasteiger partial charge on any atom is 0.407 e. The molecule has 2 aromatic carbocycles. The van der Waals surface area contributed by atoms with Gasteiger partial charge in [-0.25, -0.2) is 9.18 Å². The normalized spacial score (nSPS) is 22.5. The Labute approximate surface area is 140 Å². The largest absolute Gasteiger partial charge is 0.445 e. The zero-order chi connectivity index (χ0) is 17.0. The molecule has 0 aromatic heterocycles. The summed E-state index contributed by atoms with van der Waals surface area (Å²) in [6.45, 7) is 0.215. The van der Waals surface area contributed by atoms with Crippen LogP contribution in [-0.2, 0) is 17.8 Å². The van der Waals surface area contributed by atoms with E-state index in [1.165, 1.54) is 12.1 Å². The van der Waals surface area contributed by atoms with Gasteiger partial charge >= 0.3 is 6.09 Å². The summed E-state index contributed by atoms with van der Waals surface area (Å²) in [5.74, 6) is -0.311. The lowest BCUT2D eigenvalue weighted by molar-refractivity contribution is -0.0541.